The van der Waals surface area contributed by atoms with E-state index in [4.69, 9.17) is 41.2 Å². The molecule has 5 heteroatoms. The molecule has 0 amide bonds. The second-order valence-electron chi connectivity index (χ2n) is 6.20. The first-order valence-electron chi connectivity index (χ1n) is 8.03. The Balaban J connectivity index is 1.94. The molecule has 0 aliphatic heterocycles. The van der Waals surface area contributed by atoms with E-state index in [-0.39, 0.29) is 0 Å². The van der Waals surface area contributed by atoms with Crippen molar-refractivity contribution in [3.63, 3.8) is 0 Å². The van der Waals surface area contributed by atoms with Gasteiger partial charge in [0.05, 0.1) is 5.00 Å². The van der Waals surface area contributed by atoms with Gasteiger partial charge in [-0.25, -0.2) is 0 Å². The third kappa shape index (κ3) is 3.34. The van der Waals surface area contributed by atoms with Crippen LogP contribution in [0.5, 0.6) is 0 Å². The molecule has 0 radical (unpaired) electrons. The molecule has 2 aromatic carbocycles. The number of nitrogen functional groups attached to an aromatic ring is 1. The standard InChI is InChI=1S/C20H15Cl2NS2/c21-14-7-3-11(4-8-14)16-17(18(24)12-1-2-12)20(23)25-19(16)13-5-9-15(22)10-6-13/h3-10,12H,1-2,23H2. The highest BCUT2D eigenvalue weighted by molar-refractivity contribution is 7.81. The first kappa shape index (κ1) is 17.0. The first-order chi connectivity index (χ1) is 12.0. The maximum absolute atomic E-state index is 6.42. The maximum Gasteiger partial charge on any atom is 0.0954 e. The number of hydrogen-bond acceptors (Lipinski definition) is 3. The second kappa shape index (κ2) is 6.73. The zero-order chi connectivity index (χ0) is 17.6. The van der Waals surface area contributed by atoms with E-state index in [9.17, 15) is 0 Å². The summed E-state index contributed by atoms with van der Waals surface area (Å²) in [7, 11) is 0. The van der Waals surface area contributed by atoms with Crippen molar-refractivity contribution < 1.29 is 0 Å². The maximum atomic E-state index is 6.42. The quantitative estimate of drug-likeness (QED) is 0.371. The molecular weight excluding hydrogens is 389 g/mol. The lowest BCUT2D eigenvalue weighted by atomic mass is 9.95. The number of thiocarbonyl (C=S) groups is 1. The van der Waals surface area contributed by atoms with E-state index in [0.29, 0.717) is 10.9 Å². The van der Waals surface area contributed by atoms with Crippen molar-refractivity contribution in [3.8, 4) is 21.6 Å². The SMILES string of the molecule is Nc1sc(-c2ccc(Cl)cc2)c(-c2ccc(Cl)cc2)c1C(=S)C1CC1. The van der Waals surface area contributed by atoms with Crippen molar-refractivity contribution in [1.29, 1.82) is 0 Å². The number of nitrogens with two attached hydrogens (primary N) is 1. The minimum Gasteiger partial charge on any atom is -0.390 e. The van der Waals surface area contributed by atoms with Gasteiger partial charge in [0, 0.05) is 30.9 Å². The third-order valence-corrected chi connectivity index (χ3v) is 6.48. The number of halogens is 2. The van der Waals surface area contributed by atoms with Crippen LogP contribution in [0.2, 0.25) is 10.0 Å². The molecule has 3 aromatic rings. The van der Waals surface area contributed by atoms with Gasteiger partial charge in [-0.05, 0) is 54.2 Å². The molecule has 1 saturated carbocycles. The van der Waals surface area contributed by atoms with Crippen LogP contribution in [0.25, 0.3) is 21.6 Å². The normalized spacial score (nSPS) is 13.8. The molecular formula is C20H15Cl2NS2. The number of rotatable bonds is 4. The van der Waals surface area contributed by atoms with Gasteiger partial charge in [-0.15, -0.1) is 11.3 Å². The Kier molecular flexibility index (Phi) is 4.59. The lowest BCUT2D eigenvalue weighted by Gasteiger charge is -2.10. The summed E-state index contributed by atoms with van der Waals surface area (Å²) in [5.41, 5.74) is 10.7. The summed E-state index contributed by atoms with van der Waals surface area (Å²) in [6, 6.07) is 15.7. The van der Waals surface area contributed by atoms with Crippen molar-refractivity contribution in [2.75, 3.05) is 5.73 Å². The van der Waals surface area contributed by atoms with Crippen molar-refractivity contribution in [2.45, 2.75) is 12.8 Å². The zero-order valence-corrected chi connectivity index (χ0v) is 16.4. The van der Waals surface area contributed by atoms with Crippen molar-refractivity contribution in [3.05, 3.63) is 64.1 Å². The number of benzene rings is 2. The molecule has 126 valence electrons. The van der Waals surface area contributed by atoms with Crippen LogP contribution in [0.1, 0.15) is 18.4 Å². The van der Waals surface area contributed by atoms with Gasteiger partial charge >= 0.3 is 0 Å². The summed E-state index contributed by atoms with van der Waals surface area (Å²) < 4.78 is 0. The Labute approximate surface area is 166 Å². The minimum atomic E-state index is 0.482. The van der Waals surface area contributed by atoms with E-state index in [2.05, 4.69) is 0 Å². The van der Waals surface area contributed by atoms with Gasteiger partial charge in [-0.3, -0.25) is 0 Å². The van der Waals surface area contributed by atoms with Crippen LogP contribution in [0, 0.1) is 5.92 Å². The Morgan fingerprint density at radius 3 is 1.96 bits per heavy atom. The molecule has 2 N–H and O–H groups in total. The largest absolute Gasteiger partial charge is 0.390 e. The minimum absolute atomic E-state index is 0.482. The molecule has 25 heavy (non-hydrogen) atoms. The third-order valence-electron chi connectivity index (χ3n) is 4.37. The zero-order valence-electron chi connectivity index (χ0n) is 13.3. The molecule has 1 aromatic heterocycles. The van der Waals surface area contributed by atoms with Crippen LogP contribution in [0.4, 0.5) is 5.00 Å². The van der Waals surface area contributed by atoms with Crippen LogP contribution < -0.4 is 5.73 Å². The van der Waals surface area contributed by atoms with E-state index in [1.54, 1.807) is 11.3 Å². The van der Waals surface area contributed by atoms with Crippen molar-refractivity contribution in [2.24, 2.45) is 5.92 Å². The van der Waals surface area contributed by atoms with Crippen LogP contribution >= 0.6 is 46.8 Å². The molecule has 0 bridgehead atoms. The topological polar surface area (TPSA) is 26.0 Å². The van der Waals surface area contributed by atoms with Gasteiger partial charge in [0.2, 0.25) is 0 Å². The number of anilines is 1. The fourth-order valence-corrected chi connectivity index (χ4v) is 4.81. The molecule has 0 spiro atoms. The predicted molar refractivity (Wildman–Crippen MR) is 114 cm³/mol. The molecule has 1 nitrogen and oxygen atoms in total. The van der Waals surface area contributed by atoms with Crippen molar-refractivity contribution >= 4 is 56.6 Å². The summed E-state index contributed by atoms with van der Waals surface area (Å²) >= 11 is 19.5. The molecule has 1 fully saturated rings. The Morgan fingerprint density at radius 2 is 1.44 bits per heavy atom. The summed E-state index contributed by atoms with van der Waals surface area (Å²) in [5.74, 6) is 0.482. The molecule has 0 saturated heterocycles. The second-order valence-corrected chi connectivity index (χ2v) is 8.56. The first-order valence-corrected chi connectivity index (χ1v) is 10.0. The highest BCUT2D eigenvalue weighted by Gasteiger charge is 2.32. The van der Waals surface area contributed by atoms with Gasteiger partial charge in [0.25, 0.3) is 0 Å². The van der Waals surface area contributed by atoms with E-state index >= 15 is 0 Å². The van der Waals surface area contributed by atoms with Gasteiger partial charge in [-0.2, -0.15) is 0 Å². The van der Waals surface area contributed by atoms with Gasteiger partial charge in [-0.1, -0.05) is 59.7 Å². The van der Waals surface area contributed by atoms with Gasteiger partial charge in [0.1, 0.15) is 0 Å². The van der Waals surface area contributed by atoms with Crippen molar-refractivity contribution in [1.82, 2.24) is 0 Å². The van der Waals surface area contributed by atoms with Crippen LogP contribution in [0.15, 0.2) is 48.5 Å². The van der Waals surface area contributed by atoms with Crippen LogP contribution in [-0.2, 0) is 0 Å². The fraction of sp³-hybridized carbons (Fsp3) is 0.150. The molecule has 0 unspecified atom stereocenters. The van der Waals surface area contributed by atoms with Crippen LogP contribution in [0.3, 0.4) is 0 Å². The number of hydrogen-bond donors (Lipinski definition) is 1. The highest BCUT2D eigenvalue weighted by atomic mass is 35.5. The molecule has 1 aliphatic carbocycles. The monoisotopic (exact) mass is 403 g/mol. The Bertz CT molecular complexity index is 939. The Morgan fingerprint density at radius 1 is 0.920 bits per heavy atom. The molecule has 0 atom stereocenters. The fourth-order valence-electron chi connectivity index (χ4n) is 2.94. The summed E-state index contributed by atoms with van der Waals surface area (Å²) in [6.07, 6.45) is 2.31. The summed E-state index contributed by atoms with van der Waals surface area (Å²) in [5, 5.41) is 2.22. The average Bonchev–Trinajstić information content (AvgIpc) is 3.39. The molecule has 1 heterocycles. The van der Waals surface area contributed by atoms with E-state index in [1.165, 1.54) is 0 Å². The van der Waals surface area contributed by atoms with Gasteiger partial charge < -0.3 is 5.73 Å². The summed E-state index contributed by atoms with van der Waals surface area (Å²) in [6.45, 7) is 0. The van der Waals surface area contributed by atoms with Gasteiger partial charge in [0.15, 0.2) is 0 Å². The van der Waals surface area contributed by atoms with E-state index in [1.807, 2.05) is 48.5 Å². The Hall–Kier alpha value is -1.39. The highest BCUT2D eigenvalue weighted by Crippen LogP contribution is 2.48. The van der Waals surface area contributed by atoms with E-state index in [0.717, 1.165) is 54.9 Å². The lowest BCUT2D eigenvalue weighted by Crippen LogP contribution is -2.03. The number of thiophene rings is 1. The smallest absolute Gasteiger partial charge is 0.0954 e. The lowest BCUT2D eigenvalue weighted by molar-refractivity contribution is 1.23. The molecule has 4 rings (SSSR count). The predicted octanol–water partition coefficient (Wildman–Crippen LogP) is 7.10. The molecule has 1 aliphatic rings. The van der Waals surface area contributed by atoms with Crippen LogP contribution in [-0.4, -0.2) is 4.86 Å². The van der Waals surface area contributed by atoms with E-state index < -0.39 is 0 Å². The summed E-state index contributed by atoms with van der Waals surface area (Å²) in [4.78, 5) is 2.11. The average molecular weight is 404 g/mol.